The maximum absolute atomic E-state index is 12.2. The van der Waals surface area contributed by atoms with Crippen LogP contribution in [0.1, 0.15) is 16.7 Å². The van der Waals surface area contributed by atoms with Gasteiger partial charge in [0.1, 0.15) is 5.01 Å². The van der Waals surface area contributed by atoms with Gasteiger partial charge in [-0.25, -0.2) is 4.98 Å². The zero-order chi connectivity index (χ0) is 21.3. The predicted molar refractivity (Wildman–Crippen MR) is 123 cm³/mol. The van der Waals surface area contributed by atoms with E-state index in [4.69, 9.17) is 0 Å². The number of aryl methyl sites for hydroxylation is 3. The molecule has 0 aliphatic heterocycles. The van der Waals surface area contributed by atoms with Gasteiger partial charge in [0.2, 0.25) is 0 Å². The van der Waals surface area contributed by atoms with Crippen LogP contribution in [-0.2, 0) is 9.59 Å². The smallest absolute Gasteiger partial charge is 0.314 e. The number of nitrogens with one attached hydrogen (secondary N) is 2. The highest BCUT2D eigenvalue weighted by Gasteiger charge is 2.15. The maximum Gasteiger partial charge on any atom is 0.314 e. The second-order valence-electron chi connectivity index (χ2n) is 7.27. The van der Waals surface area contributed by atoms with Crippen molar-refractivity contribution >= 4 is 44.7 Å². The van der Waals surface area contributed by atoms with E-state index in [0.29, 0.717) is 11.4 Å². The van der Waals surface area contributed by atoms with Crippen molar-refractivity contribution in [3.05, 3.63) is 77.4 Å². The van der Waals surface area contributed by atoms with Crippen LogP contribution in [-0.4, -0.2) is 16.8 Å². The van der Waals surface area contributed by atoms with E-state index in [1.165, 1.54) is 5.56 Å². The molecule has 0 fully saturated rings. The monoisotopic (exact) mass is 415 g/mol. The second kappa shape index (κ2) is 8.08. The Morgan fingerprint density at radius 1 is 0.767 bits per heavy atom. The third kappa shape index (κ3) is 4.23. The summed E-state index contributed by atoms with van der Waals surface area (Å²) in [6, 6.07) is 19.0. The molecular formula is C24H21N3O2S. The molecule has 2 amide bonds. The van der Waals surface area contributed by atoms with Gasteiger partial charge in [-0.1, -0.05) is 12.1 Å². The summed E-state index contributed by atoms with van der Waals surface area (Å²) < 4.78 is 1.14. The molecule has 0 spiro atoms. The molecule has 30 heavy (non-hydrogen) atoms. The molecule has 0 bridgehead atoms. The van der Waals surface area contributed by atoms with Crippen LogP contribution in [0.3, 0.4) is 0 Å². The fraction of sp³-hybridized carbons (Fsp3) is 0.125. The number of aromatic nitrogens is 1. The van der Waals surface area contributed by atoms with Crippen LogP contribution >= 0.6 is 11.3 Å². The van der Waals surface area contributed by atoms with Crippen LogP contribution < -0.4 is 10.6 Å². The average molecular weight is 416 g/mol. The lowest BCUT2D eigenvalue weighted by atomic mass is 10.1. The van der Waals surface area contributed by atoms with E-state index in [9.17, 15) is 9.59 Å². The van der Waals surface area contributed by atoms with Gasteiger partial charge in [-0.05, 0) is 86.0 Å². The summed E-state index contributed by atoms with van der Waals surface area (Å²) >= 11 is 1.63. The zero-order valence-corrected chi connectivity index (χ0v) is 17.8. The number of benzene rings is 3. The van der Waals surface area contributed by atoms with Crippen LogP contribution in [0.25, 0.3) is 20.8 Å². The van der Waals surface area contributed by atoms with Crippen LogP contribution in [0.2, 0.25) is 0 Å². The molecule has 1 aromatic heterocycles. The Hall–Kier alpha value is -3.51. The van der Waals surface area contributed by atoms with Crippen molar-refractivity contribution in [1.82, 2.24) is 4.98 Å². The fourth-order valence-corrected chi connectivity index (χ4v) is 4.12. The van der Waals surface area contributed by atoms with Gasteiger partial charge in [-0.3, -0.25) is 9.59 Å². The topological polar surface area (TPSA) is 71.1 Å². The highest BCUT2D eigenvalue weighted by molar-refractivity contribution is 7.21. The lowest BCUT2D eigenvalue weighted by Crippen LogP contribution is -2.29. The minimum absolute atomic E-state index is 0.552. The highest BCUT2D eigenvalue weighted by Crippen LogP contribution is 2.31. The minimum atomic E-state index is -0.712. The Morgan fingerprint density at radius 2 is 1.43 bits per heavy atom. The molecule has 0 saturated heterocycles. The van der Waals surface area contributed by atoms with Gasteiger partial charge < -0.3 is 10.6 Å². The van der Waals surface area contributed by atoms with Gasteiger partial charge in [0.05, 0.1) is 10.2 Å². The molecule has 0 aliphatic carbocycles. The molecule has 0 radical (unpaired) electrons. The van der Waals surface area contributed by atoms with E-state index < -0.39 is 11.8 Å². The molecule has 4 rings (SSSR count). The number of carbonyl (C=O) groups excluding carboxylic acids is 2. The summed E-state index contributed by atoms with van der Waals surface area (Å²) in [5, 5.41) is 6.18. The van der Waals surface area contributed by atoms with E-state index >= 15 is 0 Å². The molecule has 5 nitrogen and oxygen atoms in total. The predicted octanol–water partition coefficient (Wildman–Crippen LogP) is 5.47. The molecule has 150 valence electrons. The van der Waals surface area contributed by atoms with Crippen LogP contribution in [0.15, 0.2) is 60.7 Å². The van der Waals surface area contributed by atoms with Crippen molar-refractivity contribution in [3.63, 3.8) is 0 Å². The highest BCUT2D eigenvalue weighted by atomic mass is 32.1. The number of nitrogens with zero attached hydrogens (tertiary/aromatic N) is 1. The number of rotatable bonds is 3. The molecule has 4 aromatic rings. The standard InChI is InChI=1S/C24H21N3O2S/c1-14-4-11-20-21(12-14)30-24(27-20)17-6-9-18(10-7-17)25-22(28)23(29)26-19-8-5-15(2)16(3)13-19/h4-13H,1-3H3,(H,25,28)(H,26,29). The largest absolute Gasteiger partial charge is 0.318 e. The number of fused-ring (bicyclic) bond motifs is 1. The summed E-state index contributed by atoms with van der Waals surface area (Å²) in [5.74, 6) is -1.42. The lowest BCUT2D eigenvalue weighted by molar-refractivity contribution is -0.132. The maximum atomic E-state index is 12.2. The SMILES string of the molecule is Cc1ccc2nc(-c3ccc(NC(=O)C(=O)Nc4ccc(C)c(C)c4)cc3)sc2c1. The van der Waals surface area contributed by atoms with Gasteiger partial charge >= 0.3 is 11.8 Å². The first kappa shape index (κ1) is 19.8. The normalized spacial score (nSPS) is 10.8. The summed E-state index contributed by atoms with van der Waals surface area (Å²) in [6.07, 6.45) is 0. The molecule has 0 unspecified atom stereocenters. The number of thiazole rings is 1. The lowest BCUT2D eigenvalue weighted by Gasteiger charge is -2.08. The molecule has 0 aliphatic rings. The van der Waals surface area contributed by atoms with Gasteiger partial charge in [0, 0.05) is 16.9 Å². The first-order valence-corrected chi connectivity index (χ1v) is 10.4. The molecule has 3 aromatic carbocycles. The number of carbonyl (C=O) groups is 2. The van der Waals surface area contributed by atoms with Crippen molar-refractivity contribution in [2.24, 2.45) is 0 Å². The van der Waals surface area contributed by atoms with Gasteiger partial charge in [-0.15, -0.1) is 11.3 Å². The van der Waals surface area contributed by atoms with Crippen molar-refractivity contribution in [1.29, 1.82) is 0 Å². The Bertz CT molecular complexity index is 1260. The summed E-state index contributed by atoms with van der Waals surface area (Å²) in [5.41, 5.74) is 6.47. The number of hydrogen-bond acceptors (Lipinski definition) is 4. The average Bonchev–Trinajstić information content (AvgIpc) is 3.14. The van der Waals surface area contributed by atoms with E-state index in [1.807, 2.05) is 50.2 Å². The van der Waals surface area contributed by atoms with Crippen molar-refractivity contribution in [3.8, 4) is 10.6 Å². The Labute approximate surface area is 178 Å². The zero-order valence-electron chi connectivity index (χ0n) is 16.9. The summed E-state index contributed by atoms with van der Waals surface area (Å²) in [6.45, 7) is 6.01. The minimum Gasteiger partial charge on any atom is -0.318 e. The third-order valence-electron chi connectivity index (χ3n) is 4.90. The second-order valence-corrected chi connectivity index (χ2v) is 8.31. The molecular weight excluding hydrogens is 394 g/mol. The van der Waals surface area contributed by atoms with Crippen LogP contribution in [0, 0.1) is 20.8 Å². The molecule has 2 N–H and O–H groups in total. The summed E-state index contributed by atoms with van der Waals surface area (Å²) in [4.78, 5) is 29.1. The Kier molecular flexibility index (Phi) is 5.33. The van der Waals surface area contributed by atoms with E-state index in [2.05, 4.69) is 28.6 Å². The van der Waals surface area contributed by atoms with Gasteiger partial charge in [-0.2, -0.15) is 0 Å². The fourth-order valence-electron chi connectivity index (χ4n) is 3.05. The quantitative estimate of drug-likeness (QED) is 0.436. The first-order chi connectivity index (χ1) is 14.4. The van der Waals surface area contributed by atoms with Gasteiger partial charge in [0.15, 0.2) is 0 Å². The van der Waals surface area contributed by atoms with E-state index in [0.717, 1.165) is 31.9 Å². The molecule has 6 heteroatoms. The van der Waals surface area contributed by atoms with Crippen molar-refractivity contribution in [2.75, 3.05) is 10.6 Å². The van der Waals surface area contributed by atoms with E-state index in [1.54, 1.807) is 29.5 Å². The van der Waals surface area contributed by atoms with E-state index in [-0.39, 0.29) is 0 Å². The number of anilines is 2. The number of hydrogen-bond donors (Lipinski definition) is 2. The summed E-state index contributed by atoms with van der Waals surface area (Å²) in [7, 11) is 0. The van der Waals surface area contributed by atoms with Gasteiger partial charge in [0.25, 0.3) is 0 Å². The number of amides is 2. The van der Waals surface area contributed by atoms with Crippen LogP contribution in [0.4, 0.5) is 11.4 Å². The van der Waals surface area contributed by atoms with Crippen LogP contribution in [0.5, 0.6) is 0 Å². The third-order valence-corrected chi connectivity index (χ3v) is 5.97. The first-order valence-electron chi connectivity index (χ1n) is 9.56. The molecule has 0 saturated carbocycles. The molecule has 1 heterocycles. The van der Waals surface area contributed by atoms with Crippen molar-refractivity contribution in [2.45, 2.75) is 20.8 Å². The molecule has 0 atom stereocenters. The van der Waals surface area contributed by atoms with Crippen molar-refractivity contribution < 1.29 is 9.59 Å². The Balaban J connectivity index is 1.43. The Morgan fingerprint density at radius 3 is 2.13 bits per heavy atom.